The van der Waals surface area contributed by atoms with Crippen LogP contribution < -0.4 is 5.56 Å². The molecule has 0 saturated carbocycles. The Balaban J connectivity index is 1.35. The van der Waals surface area contributed by atoms with E-state index in [9.17, 15) is 13.6 Å². The fourth-order valence-electron chi connectivity index (χ4n) is 5.67. The van der Waals surface area contributed by atoms with Gasteiger partial charge in [-0.15, -0.1) is 0 Å². The summed E-state index contributed by atoms with van der Waals surface area (Å²) in [4.78, 5) is 20.3. The Labute approximate surface area is 213 Å². The predicted octanol–water partition coefficient (Wildman–Crippen LogP) is 5.52. The van der Waals surface area contributed by atoms with E-state index in [1.54, 1.807) is 34.9 Å². The molecule has 3 aromatic heterocycles. The number of nitrogens with zero attached hydrogens (tertiary/aromatic N) is 4. The second-order valence-corrected chi connectivity index (χ2v) is 9.89. The maximum absolute atomic E-state index is 14.4. The smallest absolute Gasteiger partial charge is 0.261 e. The van der Waals surface area contributed by atoms with Gasteiger partial charge in [0.25, 0.3) is 5.56 Å². The normalized spacial score (nSPS) is 14.3. The minimum Gasteiger partial charge on any atom is -0.313 e. The van der Waals surface area contributed by atoms with Crippen LogP contribution in [0.5, 0.6) is 0 Å². The van der Waals surface area contributed by atoms with Gasteiger partial charge in [-0.2, -0.15) is 0 Å². The van der Waals surface area contributed by atoms with Gasteiger partial charge in [0.2, 0.25) is 0 Å². The zero-order valence-electron chi connectivity index (χ0n) is 21.0. The van der Waals surface area contributed by atoms with Crippen LogP contribution in [0.25, 0.3) is 22.2 Å². The molecule has 7 heteroatoms. The molecule has 0 aliphatic carbocycles. The summed E-state index contributed by atoms with van der Waals surface area (Å²) < 4.78 is 31.8. The van der Waals surface area contributed by atoms with Gasteiger partial charge in [0, 0.05) is 47.3 Å². The van der Waals surface area contributed by atoms with Gasteiger partial charge < -0.3 is 4.57 Å². The molecule has 6 rings (SSSR count). The summed E-state index contributed by atoms with van der Waals surface area (Å²) in [6, 6.07) is 15.2. The van der Waals surface area contributed by atoms with Crippen molar-refractivity contribution in [3.63, 3.8) is 0 Å². The SMILES string of the molecule is Cc1nc2c(C)cccn2c(=O)c1CCN1CCCc2c(c3cc(F)ccc3n2-c2ccc(F)cc2)C1. The first kappa shape index (κ1) is 23.6. The lowest BCUT2D eigenvalue weighted by atomic mass is 10.1. The molecule has 188 valence electrons. The summed E-state index contributed by atoms with van der Waals surface area (Å²) in [6.07, 6.45) is 4.13. The molecule has 0 spiro atoms. The summed E-state index contributed by atoms with van der Waals surface area (Å²) in [5, 5.41) is 0.880. The number of aryl methyl sites for hydroxylation is 2. The van der Waals surface area contributed by atoms with Gasteiger partial charge in [0.15, 0.2) is 0 Å². The monoisotopic (exact) mass is 498 g/mol. The Hall–Kier alpha value is -3.84. The Morgan fingerprint density at radius 3 is 2.59 bits per heavy atom. The second kappa shape index (κ2) is 9.23. The van der Waals surface area contributed by atoms with Crippen LogP contribution in [0.1, 0.15) is 34.5 Å². The highest BCUT2D eigenvalue weighted by molar-refractivity contribution is 5.87. The van der Waals surface area contributed by atoms with Crippen LogP contribution in [0, 0.1) is 25.5 Å². The maximum Gasteiger partial charge on any atom is 0.261 e. The molecule has 5 aromatic rings. The second-order valence-electron chi connectivity index (χ2n) is 9.89. The van der Waals surface area contributed by atoms with Gasteiger partial charge in [-0.05, 0) is 99.3 Å². The summed E-state index contributed by atoms with van der Waals surface area (Å²) >= 11 is 0. The Morgan fingerprint density at radius 2 is 1.78 bits per heavy atom. The minimum absolute atomic E-state index is 0.0169. The summed E-state index contributed by atoms with van der Waals surface area (Å²) in [5.41, 5.74) is 7.17. The molecular weight excluding hydrogens is 470 g/mol. The molecule has 0 N–H and O–H groups in total. The molecule has 0 atom stereocenters. The number of rotatable bonds is 4. The average Bonchev–Trinajstić information content (AvgIpc) is 3.02. The van der Waals surface area contributed by atoms with Crippen molar-refractivity contribution in [1.82, 2.24) is 18.9 Å². The first-order valence-corrected chi connectivity index (χ1v) is 12.7. The third-order valence-electron chi connectivity index (χ3n) is 7.52. The molecule has 37 heavy (non-hydrogen) atoms. The van der Waals surface area contributed by atoms with Crippen molar-refractivity contribution in [3.8, 4) is 5.69 Å². The van der Waals surface area contributed by atoms with E-state index >= 15 is 0 Å². The molecule has 1 aliphatic rings. The standard InChI is InChI=1S/C30H28F2N4O/c1-19-5-3-15-35-29(19)33-20(2)24(30(35)37)13-16-34-14-4-6-27-26(18-34)25-17-22(32)9-12-28(25)36(27)23-10-7-21(31)8-11-23/h3,5,7-12,15,17H,4,6,13-14,16,18H2,1-2H3. The van der Waals surface area contributed by atoms with E-state index in [1.807, 2.05) is 26.0 Å². The van der Waals surface area contributed by atoms with Crippen molar-refractivity contribution in [2.24, 2.45) is 0 Å². The fourth-order valence-corrected chi connectivity index (χ4v) is 5.67. The Bertz CT molecular complexity index is 1700. The summed E-state index contributed by atoms with van der Waals surface area (Å²) in [7, 11) is 0. The van der Waals surface area contributed by atoms with Gasteiger partial charge in [0.1, 0.15) is 17.3 Å². The van der Waals surface area contributed by atoms with E-state index in [2.05, 4.69) is 9.47 Å². The van der Waals surface area contributed by atoms with Gasteiger partial charge >= 0.3 is 0 Å². The molecule has 0 unspecified atom stereocenters. The van der Waals surface area contributed by atoms with Crippen molar-refractivity contribution in [2.75, 3.05) is 13.1 Å². The lowest BCUT2D eigenvalue weighted by molar-refractivity contribution is 0.273. The molecular formula is C30H28F2N4O. The van der Waals surface area contributed by atoms with Crippen molar-refractivity contribution in [3.05, 3.63) is 111 Å². The number of halogens is 2. The van der Waals surface area contributed by atoms with Crippen molar-refractivity contribution in [2.45, 2.75) is 39.7 Å². The molecule has 5 nitrogen and oxygen atoms in total. The minimum atomic E-state index is -0.284. The molecule has 2 aromatic carbocycles. The van der Waals surface area contributed by atoms with Crippen LogP contribution in [-0.4, -0.2) is 31.9 Å². The topological polar surface area (TPSA) is 42.5 Å². The first-order chi connectivity index (χ1) is 17.9. The van der Waals surface area contributed by atoms with Crippen molar-refractivity contribution >= 4 is 16.6 Å². The highest BCUT2D eigenvalue weighted by Gasteiger charge is 2.24. The lowest BCUT2D eigenvalue weighted by Gasteiger charge is -2.20. The highest BCUT2D eigenvalue weighted by Crippen LogP contribution is 2.34. The summed E-state index contributed by atoms with van der Waals surface area (Å²) in [5.74, 6) is -0.559. The Morgan fingerprint density at radius 1 is 1.00 bits per heavy atom. The van der Waals surface area contributed by atoms with E-state index in [0.717, 1.165) is 64.1 Å². The molecule has 0 bridgehead atoms. The summed E-state index contributed by atoms with van der Waals surface area (Å²) in [6.45, 7) is 6.09. The third-order valence-corrected chi connectivity index (χ3v) is 7.52. The van der Waals surface area contributed by atoms with Crippen molar-refractivity contribution in [1.29, 1.82) is 0 Å². The van der Waals surface area contributed by atoms with Crippen LogP contribution in [0.4, 0.5) is 8.78 Å². The van der Waals surface area contributed by atoms with Gasteiger partial charge in [0.05, 0.1) is 5.52 Å². The largest absolute Gasteiger partial charge is 0.313 e. The molecule has 1 aliphatic heterocycles. The van der Waals surface area contributed by atoms with E-state index in [1.165, 1.54) is 18.2 Å². The van der Waals surface area contributed by atoms with Gasteiger partial charge in [-0.3, -0.25) is 14.1 Å². The van der Waals surface area contributed by atoms with Crippen molar-refractivity contribution < 1.29 is 8.78 Å². The van der Waals surface area contributed by atoms with Gasteiger partial charge in [-0.25, -0.2) is 13.8 Å². The zero-order chi connectivity index (χ0) is 25.7. The molecule has 0 fully saturated rings. The predicted molar refractivity (Wildman–Crippen MR) is 141 cm³/mol. The number of hydrogen-bond acceptors (Lipinski definition) is 3. The number of aromatic nitrogens is 3. The zero-order valence-corrected chi connectivity index (χ0v) is 21.0. The van der Waals surface area contributed by atoms with Crippen LogP contribution in [0.2, 0.25) is 0 Å². The van der Waals surface area contributed by atoms with E-state index < -0.39 is 0 Å². The average molecular weight is 499 g/mol. The number of pyridine rings is 1. The van der Waals surface area contributed by atoms with E-state index in [4.69, 9.17) is 4.98 Å². The number of benzene rings is 2. The van der Waals surface area contributed by atoms with Crippen LogP contribution >= 0.6 is 0 Å². The highest BCUT2D eigenvalue weighted by atomic mass is 19.1. The molecule has 0 radical (unpaired) electrons. The number of fused-ring (bicyclic) bond motifs is 4. The van der Waals surface area contributed by atoms with E-state index in [0.29, 0.717) is 25.2 Å². The quantitative estimate of drug-likeness (QED) is 0.328. The van der Waals surface area contributed by atoms with Crippen LogP contribution in [0.15, 0.2) is 65.6 Å². The number of hydrogen-bond donors (Lipinski definition) is 0. The van der Waals surface area contributed by atoms with Gasteiger partial charge in [-0.1, -0.05) is 6.07 Å². The molecule has 0 amide bonds. The maximum atomic E-state index is 14.4. The molecule has 0 saturated heterocycles. The Kier molecular flexibility index (Phi) is 5.88. The first-order valence-electron chi connectivity index (χ1n) is 12.7. The fraction of sp³-hybridized carbons (Fsp3) is 0.267. The lowest BCUT2D eigenvalue weighted by Crippen LogP contribution is -2.29. The van der Waals surface area contributed by atoms with E-state index in [-0.39, 0.29) is 17.2 Å². The molecule has 4 heterocycles. The van der Waals surface area contributed by atoms with Crippen LogP contribution in [0.3, 0.4) is 0 Å². The third kappa shape index (κ3) is 4.13. The van der Waals surface area contributed by atoms with Crippen LogP contribution in [-0.2, 0) is 19.4 Å².